The fraction of sp³-hybridized carbons (Fsp3) is 0.667. The molecule has 0 aromatic heterocycles. The van der Waals surface area contributed by atoms with Gasteiger partial charge in [-0.25, -0.2) is 0 Å². The lowest BCUT2D eigenvalue weighted by Gasteiger charge is -1.86. The number of rotatable bonds is 3. The van der Waals surface area contributed by atoms with E-state index in [-0.39, 0.29) is 6.61 Å². The van der Waals surface area contributed by atoms with Crippen LogP contribution in [0.5, 0.6) is 0 Å². The highest BCUT2D eigenvalue weighted by Gasteiger charge is 1.93. The number of hydrogen-bond acceptors (Lipinski definition) is 1. The van der Waals surface area contributed by atoms with Crippen molar-refractivity contribution in [1.82, 2.24) is 0 Å². The second-order valence-corrected chi connectivity index (χ2v) is 4.11. The van der Waals surface area contributed by atoms with Crippen LogP contribution in [0.1, 0.15) is 0 Å². The van der Waals surface area contributed by atoms with Gasteiger partial charge in [0.05, 0.1) is 19.1 Å². The molecule has 0 heterocycles. The van der Waals surface area contributed by atoms with Crippen molar-refractivity contribution in [2.45, 2.75) is 0 Å². The molecule has 0 rings (SSSR count). The molecule has 8 heavy (non-hydrogen) atoms. The molecule has 0 saturated heterocycles. The zero-order chi connectivity index (χ0) is 6.41. The summed E-state index contributed by atoms with van der Waals surface area (Å²) in [5.74, 6) is 1.10. The van der Waals surface area contributed by atoms with Gasteiger partial charge < -0.3 is 5.11 Å². The molecule has 0 aromatic rings. The molecule has 0 radical (unpaired) electrons. The van der Waals surface area contributed by atoms with E-state index in [0.29, 0.717) is 10.9 Å². The normalized spacial score (nSPS) is 11.5. The van der Waals surface area contributed by atoms with Crippen molar-refractivity contribution in [3.8, 4) is 0 Å². The van der Waals surface area contributed by atoms with Crippen LogP contribution >= 0.6 is 0 Å². The maximum absolute atomic E-state index is 8.30. The van der Waals surface area contributed by atoms with Crippen LogP contribution in [0.25, 0.3) is 0 Å². The van der Waals surface area contributed by atoms with Crippen LogP contribution in [0, 0.1) is 0 Å². The van der Waals surface area contributed by atoms with Crippen molar-refractivity contribution >= 4 is 10.9 Å². The number of hydrogen-bond donors (Lipinski definition) is 1. The third kappa shape index (κ3) is 6.05. The first-order valence-electron chi connectivity index (χ1n) is 2.57. The number of aliphatic hydroxyl groups is 1. The molecule has 0 aliphatic rings. The Morgan fingerprint density at radius 2 is 2.00 bits per heavy atom. The minimum atomic E-state index is 0.178. The first-order chi connectivity index (χ1) is 3.77. The van der Waals surface area contributed by atoms with Gasteiger partial charge in [0.2, 0.25) is 0 Å². The first kappa shape index (κ1) is 8.05. The molecule has 0 atom stereocenters. The molecular formula is C6H13OS+. The first-order valence-corrected chi connectivity index (χ1v) is 4.78. The summed E-state index contributed by atoms with van der Waals surface area (Å²) in [6, 6.07) is 0. The lowest BCUT2D eigenvalue weighted by Crippen LogP contribution is -1.97. The largest absolute Gasteiger partial charge is 0.392 e. The van der Waals surface area contributed by atoms with Crippen LogP contribution in [0.4, 0.5) is 0 Å². The molecule has 2 heteroatoms. The Labute approximate surface area is 53.8 Å². The summed E-state index contributed by atoms with van der Waals surface area (Å²) in [6.07, 6.45) is 8.17. The van der Waals surface area contributed by atoms with Gasteiger partial charge in [-0.05, 0) is 17.0 Å². The Bertz CT molecular complexity index is 68.9. The molecular weight excluding hydrogens is 120 g/mol. The van der Waals surface area contributed by atoms with Gasteiger partial charge in [0.1, 0.15) is 5.75 Å². The lowest BCUT2D eigenvalue weighted by atomic mass is 10.6. The highest BCUT2D eigenvalue weighted by atomic mass is 32.2. The molecule has 0 fully saturated rings. The summed E-state index contributed by atoms with van der Waals surface area (Å²) in [6.45, 7) is 0.178. The molecule has 0 bridgehead atoms. The maximum Gasteiger partial charge on any atom is 0.125 e. The van der Waals surface area contributed by atoms with Crippen LogP contribution in [-0.2, 0) is 10.9 Å². The van der Waals surface area contributed by atoms with Gasteiger partial charge in [0.25, 0.3) is 0 Å². The average Bonchev–Trinajstić information content (AvgIpc) is 1.66. The fourth-order valence-electron chi connectivity index (χ4n) is 0.335. The molecule has 0 aromatic carbocycles. The highest BCUT2D eigenvalue weighted by molar-refractivity contribution is 7.95. The summed E-state index contributed by atoms with van der Waals surface area (Å²) in [5.41, 5.74) is 0. The Hall–Kier alpha value is 0.0500. The Kier molecular flexibility index (Phi) is 5.22. The van der Waals surface area contributed by atoms with Crippen molar-refractivity contribution in [3.63, 3.8) is 0 Å². The van der Waals surface area contributed by atoms with Gasteiger partial charge in [0, 0.05) is 0 Å². The Morgan fingerprint density at radius 3 is 2.38 bits per heavy atom. The standard InChI is InChI=1S/C6H13OS/c1-8(2)6-4-3-5-7/h3-4,7H,5-6H2,1-2H3/q+1/b4-3-. The van der Waals surface area contributed by atoms with E-state index < -0.39 is 0 Å². The monoisotopic (exact) mass is 133 g/mol. The molecule has 0 spiro atoms. The fourth-order valence-corrected chi connectivity index (χ4v) is 0.856. The van der Waals surface area contributed by atoms with Gasteiger partial charge in [-0.2, -0.15) is 0 Å². The summed E-state index contributed by atoms with van der Waals surface area (Å²) in [5, 5.41) is 8.30. The summed E-state index contributed by atoms with van der Waals surface area (Å²) >= 11 is 0. The summed E-state index contributed by atoms with van der Waals surface area (Å²) in [7, 11) is 0.485. The van der Waals surface area contributed by atoms with Gasteiger partial charge in [-0.15, -0.1) is 0 Å². The SMILES string of the molecule is C[S+](C)C/C=C\CO. The Balaban J connectivity index is 3.03. The van der Waals surface area contributed by atoms with Gasteiger partial charge in [-0.3, -0.25) is 0 Å². The average molecular weight is 133 g/mol. The van der Waals surface area contributed by atoms with E-state index in [2.05, 4.69) is 12.5 Å². The Morgan fingerprint density at radius 1 is 1.38 bits per heavy atom. The van der Waals surface area contributed by atoms with E-state index >= 15 is 0 Å². The number of aliphatic hydroxyl groups excluding tert-OH is 1. The van der Waals surface area contributed by atoms with Crippen molar-refractivity contribution in [1.29, 1.82) is 0 Å². The zero-order valence-corrected chi connectivity index (χ0v) is 6.24. The minimum Gasteiger partial charge on any atom is -0.392 e. The van der Waals surface area contributed by atoms with Crippen LogP contribution < -0.4 is 0 Å². The molecule has 0 unspecified atom stereocenters. The van der Waals surface area contributed by atoms with Gasteiger partial charge in [-0.1, -0.05) is 6.08 Å². The van der Waals surface area contributed by atoms with Crippen molar-refractivity contribution in [3.05, 3.63) is 12.2 Å². The smallest absolute Gasteiger partial charge is 0.125 e. The van der Waals surface area contributed by atoms with E-state index in [1.807, 2.05) is 6.08 Å². The van der Waals surface area contributed by atoms with Gasteiger partial charge >= 0.3 is 0 Å². The molecule has 0 saturated carbocycles. The second-order valence-electron chi connectivity index (χ2n) is 1.81. The second kappa shape index (κ2) is 5.19. The molecule has 0 aliphatic carbocycles. The highest BCUT2D eigenvalue weighted by Crippen LogP contribution is 1.83. The lowest BCUT2D eigenvalue weighted by molar-refractivity contribution is 0.342. The molecule has 0 amide bonds. The molecule has 1 N–H and O–H groups in total. The van der Waals surface area contributed by atoms with Crippen LogP contribution in [0.15, 0.2) is 12.2 Å². The third-order valence-corrected chi connectivity index (χ3v) is 1.56. The van der Waals surface area contributed by atoms with Crippen molar-refractivity contribution < 1.29 is 5.11 Å². The van der Waals surface area contributed by atoms with Crippen molar-refractivity contribution in [2.24, 2.45) is 0 Å². The van der Waals surface area contributed by atoms with E-state index in [0.717, 1.165) is 5.75 Å². The van der Waals surface area contributed by atoms with Gasteiger partial charge in [0.15, 0.2) is 0 Å². The molecule has 48 valence electrons. The summed E-state index contributed by atoms with van der Waals surface area (Å²) < 4.78 is 0. The van der Waals surface area contributed by atoms with E-state index in [1.165, 1.54) is 0 Å². The topological polar surface area (TPSA) is 20.2 Å². The quantitative estimate of drug-likeness (QED) is 0.437. The van der Waals surface area contributed by atoms with E-state index in [1.54, 1.807) is 6.08 Å². The van der Waals surface area contributed by atoms with Crippen molar-refractivity contribution in [2.75, 3.05) is 24.9 Å². The van der Waals surface area contributed by atoms with Crippen LogP contribution in [-0.4, -0.2) is 30.0 Å². The third-order valence-electron chi connectivity index (χ3n) is 0.702. The predicted molar refractivity (Wildman–Crippen MR) is 40.3 cm³/mol. The van der Waals surface area contributed by atoms with E-state index in [9.17, 15) is 0 Å². The maximum atomic E-state index is 8.30. The van der Waals surface area contributed by atoms with Crippen LogP contribution in [0.2, 0.25) is 0 Å². The van der Waals surface area contributed by atoms with Crippen LogP contribution in [0.3, 0.4) is 0 Å². The zero-order valence-electron chi connectivity index (χ0n) is 5.42. The summed E-state index contributed by atoms with van der Waals surface area (Å²) in [4.78, 5) is 0. The molecule has 0 aliphatic heterocycles. The molecule has 1 nitrogen and oxygen atoms in total. The predicted octanol–water partition coefficient (Wildman–Crippen LogP) is 0.413. The minimum absolute atomic E-state index is 0.178. The van der Waals surface area contributed by atoms with E-state index in [4.69, 9.17) is 5.11 Å².